The number of hydrogen-bond acceptors (Lipinski definition) is 6. The second kappa shape index (κ2) is 9.45. The van der Waals surface area contributed by atoms with E-state index < -0.39 is 11.8 Å². The molecule has 1 heterocycles. The first-order valence-corrected chi connectivity index (χ1v) is 10.0. The highest BCUT2D eigenvalue weighted by molar-refractivity contribution is 6.02. The zero-order chi connectivity index (χ0) is 20.9. The van der Waals surface area contributed by atoms with Crippen molar-refractivity contribution in [3.05, 3.63) is 23.8 Å². The van der Waals surface area contributed by atoms with Gasteiger partial charge < -0.3 is 24.3 Å². The lowest BCUT2D eigenvalue weighted by molar-refractivity contribution is -0.127. The van der Waals surface area contributed by atoms with E-state index in [1.165, 1.54) is 14.2 Å². The van der Waals surface area contributed by atoms with Gasteiger partial charge in [0.1, 0.15) is 28.8 Å². The minimum Gasteiger partial charge on any atom is -0.496 e. The Morgan fingerprint density at radius 2 is 1.79 bits per heavy atom. The van der Waals surface area contributed by atoms with Crippen LogP contribution in [0.4, 0.5) is 0 Å². The second-order valence-corrected chi connectivity index (χ2v) is 7.33. The van der Waals surface area contributed by atoms with Gasteiger partial charge in [-0.3, -0.25) is 14.5 Å². The number of methoxy groups -OCH3 is 3. The van der Waals surface area contributed by atoms with E-state index in [9.17, 15) is 9.59 Å². The molecule has 1 aliphatic heterocycles. The third-order valence-electron chi connectivity index (χ3n) is 5.66. The first kappa shape index (κ1) is 21.4. The molecule has 1 aliphatic carbocycles. The van der Waals surface area contributed by atoms with E-state index in [-0.39, 0.29) is 18.4 Å². The van der Waals surface area contributed by atoms with Crippen LogP contribution in [0.5, 0.6) is 11.5 Å². The van der Waals surface area contributed by atoms with Crippen LogP contribution in [0, 0.1) is 0 Å². The summed E-state index contributed by atoms with van der Waals surface area (Å²) in [4.78, 5) is 28.3. The number of amides is 2. The summed E-state index contributed by atoms with van der Waals surface area (Å²) in [6, 6.07) is 4.48. The topological polar surface area (TPSA) is 86.3 Å². The van der Waals surface area contributed by atoms with E-state index in [1.54, 1.807) is 30.2 Å². The van der Waals surface area contributed by atoms with Crippen molar-refractivity contribution in [1.29, 1.82) is 0 Å². The Morgan fingerprint density at radius 3 is 2.38 bits per heavy atom. The largest absolute Gasteiger partial charge is 0.496 e. The van der Waals surface area contributed by atoms with Crippen molar-refractivity contribution in [2.24, 2.45) is 0 Å². The van der Waals surface area contributed by atoms with Crippen molar-refractivity contribution in [3.63, 3.8) is 0 Å². The second-order valence-electron chi connectivity index (χ2n) is 7.33. The molecule has 0 radical (unpaired) electrons. The molecule has 1 N–H and O–H groups in total. The highest BCUT2D eigenvalue weighted by atomic mass is 16.5. The summed E-state index contributed by atoms with van der Waals surface area (Å²) in [6.07, 6.45) is 4.40. The maximum atomic E-state index is 13.8. The lowest BCUT2D eigenvalue weighted by Gasteiger charge is -2.41. The fourth-order valence-corrected chi connectivity index (χ4v) is 4.25. The molecule has 160 valence electrons. The van der Waals surface area contributed by atoms with Crippen LogP contribution in [-0.2, 0) is 14.3 Å². The summed E-state index contributed by atoms with van der Waals surface area (Å²) < 4.78 is 22.0. The predicted molar refractivity (Wildman–Crippen MR) is 106 cm³/mol. The molecule has 8 heteroatoms. The van der Waals surface area contributed by atoms with Gasteiger partial charge in [-0.15, -0.1) is 0 Å². The molecule has 1 spiro atoms. The molecule has 0 bridgehead atoms. The van der Waals surface area contributed by atoms with E-state index >= 15 is 0 Å². The molecule has 3 rings (SSSR count). The maximum absolute atomic E-state index is 13.8. The summed E-state index contributed by atoms with van der Waals surface area (Å²) >= 11 is 0. The van der Waals surface area contributed by atoms with E-state index in [2.05, 4.69) is 5.32 Å². The van der Waals surface area contributed by atoms with Crippen molar-refractivity contribution >= 4 is 11.8 Å². The van der Waals surface area contributed by atoms with Gasteiger partial charge in [0, 0.05) is 13.7 Å². The Kier molecular flexibility index (Phi) is 6.97. The normalized spacial score (nSPS) is 20.5. The molecule has 1 saturated carbocycles. The molecule has 8 nitrogen and oxygen atoms in total. The standard InChI is InChI=1S/C21H30N2O6/c1-26-13-12-22-19(24)15-14-29-21(10-5-4-6-11-21)23(15)20(25)18-16(27-2)8-7-9-17(18)28-3/h7-9,15H,4-6,10-14H2,1-3H3,(H,22,24)/t15-/m0/s1. The Hall–Kier alpha value is -2.32. The quantitative estimate of drug-likeness (QED) is 0.697. The molecule has 2 aliphatic rings. The first-order valence-electron chi connectivity index (χ1n) is 10.0. The first-order chi connectivity index (χ1) is 14.1. The molecule has 2 amide bonds. The minimum atomic E-state index is -0.773. The number of hydrogen-bond donors (Lipinski definition) is 1. The molecule has 0 aromatic heterocycles. The predicted octanol–water partition coefficient (Wildman–Crippen LogP) is 1.97. The number of rotatable bonds is 7. The number of carbonyl (C=O) groups excluding carboxylic acids is 2. The van der Waals surface area contributed by atoms with Gasteiger partial charge in [-0.1, -0.05) is 12.5 Å². The summed E-state index contributed by atoms with van der Waals surface area (Å²) in [5.74, 6) is 0.258. The molecule has 1 atom stereocenters. The van der Waals surface area contributed by atoms with E-state index in [4.69, 9.17) is 18.9 Å². The van der Waals surface area contributed by atoms with Crippen molar-refractivity contribution < 1.29 is 28.5 Å². The van der Waals surface area contributed by atoms with Crippen LogP contribution in [0.3, 0.4) is 0 Å². The SMILES string of the molecule is COCCNC(=O)[C@@H]1COC2(CCCCC2)N1C(=O)c1c(OC)cccc1OC. The van der Waals surface area contributed by atoms with Crippen LogP contribution in [-0.4, -0.2) is 69.6 Å². The van der Waals surface area contributed by atoms with Gasteiger partial charge in [-0.25, -0.2) is 0 Å². The molecule has 2 fully saturated rings. The molecule has 0 unspecified atom stereocenters. The van der Waals surface area contributed by atoms with E-state index in [0.29, 0.717) is 43.1 Å². The number of nitrogens with one attached hydrogen (secondary N) is 1. The Bertz CT molecular complexity index is 710. The lowest BCUT2D eigenvalue weighted by Crippen LogP contribution is -2.56. The molecule has 1 saturated heterocycles. The smallest absolute Gasteiger partial charge is 0.264 e. The van der Waals surface area contributed by atoms with Crippen LogP contribution in [0.2, 0.25) is 0 Å². The summed E-state index contributed by atoms with van der Waals surface area (Å²) in [5.41, 5.74) is -0.465. The summed E-state index contributed by atoms with van der Waals surface area (Å²) in [7, 11) is 4.60. The van der Waals surface area contributed by atoms with Gasteiger partial charge >= 0.3 is 0 Å². The average molecular weight is 406 g/mol. The third kappa shape index (κ3) is 4.18. The van der Waals surface area contributed by atoms with Crippen LogP contribution >= 0.6 is 0 Å². The van der Waals surface area contributed by atoms with Crippen molar-refractivity contribution in [1.82, 2.24) is 10.2 Å². The number of ether oxygens (including phenoxy) is 4. The molecular formula is C21H30N2O6. The van der Waals surface area contributed by atoms with Crippen LogP contribution < -0.4 is 14.8 Å². The van der Waals surface area contributed by atoms with Crippen molar-refractivity contribution in [2.75, 3.05) is 41.1 Å². The van der Waals surface area contributed by atoms with E-state index in [0.717, 1.165) is 19.3 Å². The van der Waals surface area contributed by atoms with Gasteiger partial charge in [0.2, 0.25) is 5.91 Å². The number of nitrogens with zero attached hydrogens (tertiary/aromatic N) is 1. The third-order valence-corrected chi connectivity index (χ3v) is 5.66. The zero-order valence-electron chi connectivity index (χ0n) is 17.4. The number of carbonyl (C=O) groups is 2. The molecular weight excluding hydrogens is 376 g/mol. The molecule has 1 aromatic carbocycles. The lowest BCUT2D eigenvalue weighted by atomic mass is 9.89. The zero-order valence-corrected chi connectivity index (χ0v) is 17.4. The van der Waals surface area contributed by atoms with Gasteiger partial charge in [0.25, 0.3) is 5.91 Å². The molecule has 29 heavy (non-hydrogen) atoms. The van der Waals surface area contributed by atoms with E-state index in [1.807, 2.05) is 0 Å². The summed E-state index contributed by atoms with van der Waals surface area (Å²) in [5, 5.41) is 2.84. The highest BCUT2D eigenvalue weighted by Gasteiger charge is 2.53. The average Bonchev–Trinajstić information content (AvgIpc) is 3.11. The Balaban J connectivity index is 1.98. The van der Waals surface area contributed by atoms with Gasteiger partial charge in [-0.05, 0) is 37.8 Å². The summed E-state index contributed by atoms with van der Waals surface area (Å²) in [6.45, 7) is 0.944. The van der Waals surface area contributed by atoms with Crippen LogP contribution in [0.25, 0.3) is 0 Å². The highest BCUT2D eigenvalue weighted by Crippen LogP contribution is 2.43. The van der Waals surface area contributed by atoms with Gasteiger partial charge in [0.15, 0.2) is 0 Å². The maximum Gasteiger partial charge on any atom is 0.264 e. The molecule has 1 aromatic rings. The number of benzene rings is 1. The van der Waals surface area contributed by atoms with Crippen LogP contribution in [0.1, 0.15) is 42.5 Å². The van der Waals surface area contributed by atoms with Gasteiger partial charge in [-0.2, -0.15) is 0 Å². The monoisotopic (exact) mass is 406 g/mol. The fraction of sp³-hybridized carbons (Fsp3) is 0.619. The van der Waals surface area contributed by atoms with Gasteiger partial charge in [0.05, 0.1) is 27.4 Å². The fourth-order valence-electron chi connectivity index (χ4n) is 4.25. The van der Waals surface area contributed by atoms with Crippen LogP contribution in [0.15, 0.2) is 18.2 Å². The Morgan fingerprint density at radius 1 is 1.14 bits per heavy atom. The van der Waals surface area contributed by atoms with Crippen molar-refractivity contribution in [3.8, 4) is 11.5 Å². The van der Waals surface area contributed by atoms with Crippen molar-refractivity contribution in [2.45, 2.75) is 43.9 Å². The Labute approximate surface area is 171 Å². The minimum absolute atomic E-state index is 0.169.